The Balaban J connectivity index is 2.88. The molecule has 0 radical (unpaired) electrons. The molecule has 12 heavy (non-hydrogen) atoms. The molecular formula is C10H8NNa. The summed E-state index contributed by atoms with van der Waals surface area (Å²) in [5.74, 6) is 0. The van der Waals surface area contributed by atoms with Gasteiger partial charge in [-0.3, -0.25) is 0 Å². The molecule has 0 spiro atoms. The van der Waals surface area contributed by atoms with E-state index in [4.69, 9.17) is 5.73 Å². The Kier molecular flexibility index (Phi) is 2.09. The van der Waals surface area contributed by atoms with Crippen LogP contribution in [0.1, 0.15) is 0 Å². The van der Waals surface area contributed by atoms with Crippen LogP contribution < -0.4 is 8.55 Å². The van der Waals surface area contributed by atoms with E-state index in [1.165, 1.54) is 13.6 Å². The van der Waals surface area contributed by atoms with E-state index in [0.717, 1.165) is 33.6 Å². The van der Waals surface area contributed by atoms with Gasteiger partial charge in [0.05, 0.1) is 0 Å². The van der Waals surface area contributed by atoms with Gasteiger partial charge in [0.2, 0.25) is 0 Å². The van der Waals surface area contributed by atoms with Crippen LogP contribution in [0.5, 0.6) is 0 Å². The predicted molar refractivity (Wildman–Crippen MR) is 53.7 cm³/mol. The summed E-state index contributed by atoms with van der Waals surface area (Å²) in [7, 11) is 0. The first-order chi connectivity index (χ1) is 5.77. The number of benzene rings is 2. The van der Waals surface area contributed by atoms with Gasteiger partial charge in [-0.15, -0.1) is 0 Å². The molecule has 0 bridgehead atoms. The summed E-state index contributed by atoms with van der Waals surface area (Å²) in [6, 6.07) is 12.5. The summed E-state index contributed by atoms with van der Waals surface area (Å²) >= 11 is 1.08. The zero-order valence-electron chi connectivity index (χ0n) is 7.04. The zero-order valence-corrected chi connectivity index (χ0v) is 9.04. The van der Waals surface area contributed by atoms with Gasteiger partial charge in [0, 0.05) is 0 Å². The molecule has 0 saturated carbocycles. The molecule has 2 aromatic rings. The SMILES string of the molecule is Nc1ccc2ccc[c]([Na])c2c1. The van der Waals surface area contributed by atoms with E-state index in [-0.39, 0.29) is 0 Å². The van der Waals surface area contributed by atoms with E-state index in [1.807, 2.05) is 6.07 Å². The van der Waals surface area contributed by atoms with Crippen molar-refractivity contribution in [2.24, 2.45) is 0 Å². The number of nitrogens with two attached hydrogens (primary N) is 1. The van der Waals surface area contributed by atoms with Gasteiger partial charge < -0.3 is 0 Å². The van der Waals surface area contributed by atoms with Crippen molar-refractivity contribution in [1.82, 2.24) is 0 Å². The fourth-order valence-corrected chi connectivity index (χ4v) is 2.07. The van der Waals surface area contributed by atoms with Crippen molar-refractivity contribution in [3.8, 4) is 0 Å². The zero-order chi connectivity index (χ0) is 8.55. The number of fused-ring (bicyclic) bond motifs is 1. The predicted octanol–water partition coefficient (Wildman–Crippen LogP) is 1.22. The van der Waals surface area contributed by atoms with Gasteiger partial charge in [-0.2, -0.15) is 0 Å². The van der Waals surface area contributed by atoms with Crippen LogP contribution in [0.25, 0.3) is 10.8 Å². The molecule has 54 valence electrons. The first-order valence-electron chi connectivity index (χ1n) is 4.02. The van der Waals surface area contributed by atoms with Gasteiger partial charge in [0.25, 0.3) is 0 Å². The number of nitrogen functional groups attached to an aromatic ring is 1. The molecule has 0 aromatic heterocycles. The Morgan fingerprint density at radius 2 is 1.92 bits per heavy atom. The van der Waals surface area contributed by atoms with Crippen molar-refractivity contribution in [1.29, 1.82) is 0 Å². The van der Waals surface area contributed by atoms with Crippen LogP contribution in [0.3, 0.4) is 0 Å². The summed E-state index contributed by atoms with van der Waals surface area (Å²) in [4.78, 5) is 0. The van der Waals surface area contributed by atoms with Crippen LogP contribution in [0.15, 0.2) is 36.4 Å². The van der Waals surface area contributed by atoms with E-state index in [9.17, 15) is 0 Å². The van der Waals surface area contributed by atoms with Gasteiger partial charge in [-0.25, -0.2) is 0 Å². The van der Waals surface area contributed by atoms with E-state index in [1.54, 1.807) is 0 Å². The molecule has 0 heterocycles. The van der Waals surface area contributed by atoms with Crippen molar-refractivity contribution < 1.29 is 0 Å². The molecule has 2 aromatic carbocycles. The molecule has 0 saturated heterocycles. The Morgan fingerprint density at radius 3 is 2.75 bits per heavy atom. The summed E-state index contributed by atoms with van der Waals surface area (Å²) in [5, 5.41) is 2.60. The van der Waals surface area contributed by atoms with Crippen LogP contribution in [0, 0.1) is 0 Å². The standard InChI is InChI=1S/C10H8N.Na/c11-10-6-5-8-3-1-2-4-9(8)7-10;/h1-3,5-7H,11H2;. The average molecular weight is 165 g/mol. The van der Waals surface area contributed by atoms with Crippen LogP contribution in [-0.4, -0.2) is 27.9 Å². The van der Waals surface area contributed by atoms with E-state index < -0.39 is 0 Å². The molecule has 2 heteroatoms. The minimum absolute atomic E-state index is 0.853. The first-order valence-corrected chi connectivity index (χ1v) is 5.02. The summed E-state index contributed by atoms with van der Waals surface area (Å²) in [5.41, 5.74) is 6.56. The van der Waals surface area contributed by atoms with Crippen LogP contribution >= 0.6 is 0 Å². The molecule has 0 fully saturated rings. The third kappa shape index (κ3) is 1.36. The Bertz CT molecular complexity index is 423. The molecule has 0 unspecified atom stereocenters. The molecule has 0 aliphatic rings. The number of hydrogen-bond donors (Lipinski definition) is 1. The van der Waals surface area contributed by atoms with Gasteiger partial charge in [-0.1, -0.05) is 0 Å². The van der Waals surface area contributed by atoms with Gasteiger partial charge in [0.15, 0.2) is 0 Å². The van der Waals surface area contributed by atoms with Crippen LogP contribution in [0.2, 0.25) is 0 Å². The fraction of sp³-hybridized carbons (Fsp3) is 0. The van der Waals surface area contributed by atoms with Gasteiger partial charge in [-0.05, 0) is 0 Å². The monoisotopic (exact) mass is 165 g/mol. The van der Waals surface area contributed by atoms with Crippen LogP contribution in [-0.2, 0) is 0 Å². The number of rotatable bonds is 0. The first kappa shape index (κ1) is 8.11. The number of hydrogen-bond acceptors (Lipinski definition) is 1. The maximum absolute atomic E-state index is 5.71. The maximum atomic E-state index is 5.71. The number of anilines is 1. The van der Waals surface area contributed by atoms with Crippen molar-refractivity contribution in [3.63, 3.8) is 0 Å². The molecule has 0 atom stereocenters. The topological polar surface area (TPSA) is 26.0 Å². The molecule has 2 rings (SSSR count). The third-order valence-corrected chi connectivity index (χ3v) is 3.00. The Hall–Kier alpha value is -0.500. The fourth-order valence-electron chi connectivity index (χ4n) is 1.45. The average Bonchev–Trinajstić information content (AvgIpc) is 2.07. The Labute approximate surface area is 89.0 Å². The van der Waals surface area contributed by atoms with E-state index in [0.29, 0.717) is 0 Å². The van der Waals surface area contributed by atoms with Gasteiger partial charge >= 0.3 is 89.3 Å². The molecule has 2 N–H and O–H groups in total. The van der Waals surface area contributed by atoms with Crippen molar-refractivity contribution in [2.75, 3.05) is 5.73 Å². The molecular weight excluding hydrogens is 157 g/mol. The molecule has 0 amide bonds. The summed E-state index contributed by atoms with van der Waals surface area (Å²) < 4.78 is 1.42. The van der Waals surface area contributed by atoms with E-state index in [2.05, 4.69) is 30.3 Å². The second-order valence-corrected chi connectivity index (χ2v) is 4.13. The quantitative estimate of drug-likeness (QED) is 0.461. The summed E-state index contributed by atoms with van der Waals surface area (Å²) in [6.07, 6.45) is 0. The third-order valence-electron chi connectivity index (χ3n) is 2.12. The minimum atomic E-state index is 0.853. The normalized spacial score (nSPS) is 10.5. The van der Waals surface area contributed by atoms with Crippen molar-refractivity contribution >= 4 is 47.2 Å². The molecule has 0 aliphatic heterocycles. The molecule has 0 aliphatic carbocycles. The second kappa shape index (κ2) is 3.09. The Morgan fingerprint density at radius 1 is 1.08 bits per heavy atom. The van der Waals surface area contributed by atoms with Crippen LogP contribution in [0.4, 0.5) is 5.69 Å². The summed E-state index contributed by atoms with van der Waals surface area (Å²) in [6.45, 7) is 0. The van der Waals surface area contributed by atoms with Gasteiger partial charge in [0.1, 0.15) is 0 Å². The second-order valence-electron chi connectivity index (χ2n) is 3.06. The molecule has 1 nitrogen and oxygen atoms in total. The van der Waals surface area contributed by atoms with E-state index >= 15 is 0 Å². The van der Waals surface area contributed by atoms with Crippen molar-refractivity contribution in [3.05, 3.63) is 36.4 Å². The van der Waals surface area contributed by atoms with Crippen molar-refractivity contribution in [2.45, 2.75) is 0 Å².